The smallest absolute Gasteiger partial charge is 0.257 e. The van der Waals surface area contributed by atoms with Crippen LogP contribution in [-0.2, 0) is 11.2 Å². The number of fused-ring (bicyclic) bond motifs is 2. The summed E-state index contributed by atoms with van der Waals surface area (Å²) in [6.07, 6.45) is 0.888. The van der Waals surface area contributed by atoms with Crippen molar-refractivity contribution in [1.82, 2.24) is 5.32 Å². The number of benzene rings is 2. The van der Waals surface area contributed by atoms with Gasteiger partial charge in [-0.3, -0.25) is 9.59 Å². The van der Waals surface area contributed by atoms with Gasteiger partial charge in [0.15, 0.2) is 23.9 Å². The Morgan fingerprint density at radius 1 is 1.21 bits per heavy atom. The quantitative estimate of drug-likeness (QED) is 0.808. The molecule has 1 aliphatic carbocycles. The number of hydrogen-bond acceptors (Lipinski definition) is 5. The van der Waals surface area contributed by atoms with Crippen LogP contribution in [0.4, 0.5) is 4.39 Å². The molecule has 1 amide bonds. The molecule has 0 aromatic heterocycles. The molecule has 0 bridgehead atoms. The van der Waals surface area contributed by atoms with Crippen LogP contribution in [0.3, 0.4) is 0 Å². The summed E-state index contributed by atoms with van der Waals surface area (Å²) in [6.45, 7) is 3.07. The van der Waals surface area contributed by atoms with E-state index in [4.69, 9.17) is 14.2 Å². The largest absolute Gasteiger partial charge is 0.486 e. The minimum atomic E-state index is -0.408. The van der Waals surface area contributed by atoms with Crippen LogP contribution in [0, 0.1) is 5.82 Å². The maximum absolute atomic E-state index is 14.0. The molecule has 0 unspecified atom stereocenters. The predicted molar refractivity (Wildman–Crippen MR) is 103 cm³/mol. The van der Waals surface area contributed by atoms with Crippen LogP contribution in [-0.4, -0.2) is 38.1 Å². The number of ether oxygens (including phenoxy) is 3. The van der Waals surface area contributed by atoms with Crippen LogP contribution in [0.5, 0.6) is 17.2 Å². The average Bonchev–Trinajstić information content (AvgIpc) is 3.02. The fourth-order valence-corrected chi connectivity index (χ4v) is 3.73. The minimum absolute atomic E-state index is 0.152. The molecule has 6 nitrogen and oxygen atoms in total. The Hall–Kier alpha value is -3.09. The zero-order chi connectivity index (χ0) is 20.4. The van der Waals surface area contributed by atoms with Crippen molar-refractivity contribution < 1.29 is 28.2 Å². The van der Waals surface area contributed by atoms with E-state index in [1.54, 1.807) is 6.92 Å². The molecule has 1 heterocycles. The van der Waals surface area contributed by atoms with Gasteiger partial charge in [0.1, 0.15) is 24.8 Å². The first-order valence-electron chi connectivity index (χ1n) is 9.66. The van der Waals surface area contributed by atoms with E-state index in [2.05, 4.69) is 5.32 Å². The molecular formula is C22H22FNO5. The lowest BCUT2D eigenvalue weighted by atomic mass is 10.0. The molecule has 29 heavy (non-hydrogen) atoms. The lowest BCUT2D eigenvalue weighted by Gasteiger charge is -2.18. The third kappa shape index (κ3) is 4.04. The molecule has 152 valence electrons. The highest BCUT2D eigenvalue weighted by Gasteiger charge is 2.32. The van der Waals surface area contributed by atoms with Crippen LogP contribution < -0.4 is 19.5 Å². The standard InChI is InChI=1S/C22H22FNO5/c1-13-10-16(25)22-18(5-3-15(23)21(13)22)29-12-20(26)24-7-6-14-2-4-17-19(11-14)28-9-8-27-17/h2-5,11,13H,6-10,12H2,1H3,(H,24,26)/t13-/m0/s1. The van der Waals surface area contributed by atoms with Gasteiger partial charge in [-0.15, -0.1) is 0 Å². The van der Waals surface area contributed by atoms with E-state index in [-0.39, 0.29) is 41.9 Å². The van der Waals surface area contributed by atoms with Crippen molar-refractivity contribution >= 4 is 11.7 Å². The fourth-order valence-electron chi connectivity index (χ4n) is 3.73. The van der Waals surface area contributed by atoms with Crippen molar-refractivity contribution in [2.24, 2.45) is 0 Å². The van der Waals surface area contributed by atoms with E-state index in [0.29, 0.717) is 37.5 Å². The molecule has 2 aliphatic rings. The number of ketones is 1. The van der Waals surface area contributed by atoms with E-state index < -0.39 is 5.82 Å². The molecule has 1 N–H and O–H groups in total. The Bertz CT molecular complexity index is 958. The number of halogens is 1. The third-order valence-corrected chi connectivity index (χ3v) is 5.12. The highest BCUT2D eigenvalue weighted by Crippen LogP contribution is 2.39. The fraction of sp³-hybridized carbons (Fsp3) is 0.364. The van der Waals surface area contributed by atoms with E-state index in [1.807, 2.05) is 18.2 Å². The van der Waals surface area contributed by atoms with Crippen molar-refractivity contribution in [3.63, 3.8) is 0 Å². The van der Waals surface area contributed by atoms with Gasteiger partial charge in [-0.1, -0.05) is 13.0 Å². The van der Waals surface area contributed by atoms with Gasteiger partial charge in [-0.2, -0.15) is 0 Å². The zero-order valence-corrected chi connectivity index (χ0v) is 16.1. The van der Waals surface area contributed by atoms with Gasteiger partial charge in [0.05, 0.1) is 5.56 Å². The molecule has 0 radical (unpaired) electrons. The van der Waals surface area contributed by atoms with Gasteiger partial charge in [-0.05, 0) is 42.2 Å². The van der Waals surface area contributed by atoms with Gasteiger partial charge in [0.2, 0.25) is 0 Å². The monoisotopic (exact) mass is 399 g/mol. The maximum atomic E-state index is 14.0. The van der Waals surface area contributed by atoms with Gasteiger partial charge in [0.25, 0.3) is 5.91 Å². The predicted octanol–water partition coefficient (Wildman–Crippen LogP) is 3.02. The van der Waals surface area contributed by atoms with E-state index in [1.165, 1.54) is 12.1 Å². The molecule has 2 aromatic carbocycles. The van der Waals surface area contributed by atoms with Crippen LogP contribution in [0.2, 0.25) is 0 Å². The number of carbonyl (C=O) groups excluding carboxylic acids is 2. The average molecular weight is 399 g/mol. The third-order valence-electron chi connectivity index (χ3n) is 5.12. The Kier molecular flexibility index (Phi) is 5.38. The molecule has 7 heteroatoms. The molecule has 1 aliphatic heterocycles. The normalized spacial score (nSPS) is 17.0. The first-order valence-corrected chi connectivity index (χ1v) is 9.66. The second-order valence-corrected chi connectivity index (χ2v) is 7.23. The van der Waals surface area contributed by atoms with Gasteiger partial charge < -0.3 is 19.5 Å². The Morgan fingerprint density at radius 2 is 2.00 bits per heavy atom. The molecule has 0 fully saturated rings. The summed E-state index contributed by atoms with van der Waals surface area (Å²) in [7, 11) is 0. The van der Waals surface area contributed by atoms with Gasteiger partial charge in [-0.25, -0.2) is 4.39 Å². The van der Waals surface area contributed by atoms with Crippen molar-refractivity contribution in [3.8, 4) is 17.2 Å². The summed E-state index contributed by atoms with van der Waals surface area (Å²) in [4.78, 5) is 24.3. The first kappa shape index (κ1) is 19.2. The second-order valence-electron chi connectivity index (χ2n) is 7.23. The van der Waals surface area contributed by atoms with Crippen molar-refractivity contribution in [3.05, 3.63) is 52.8 Å². The van der Waals surface area contributed by atoms with Gasteiger partial charge >= 0.3 is 0 Å². The molecule has 0 saturated carbocycles. The van der Waals surface area contributed by atoms with E-state index >= 15 is 0 Å². The molecular weight excluding hydrogens is 377 g/mol. The Labute approximate surface area is 168 Å². The summed E-state index contributed by atoms with van der Waals surface area (Å²) in [6, 6.07) is 8.40. The number of carbonyl (C=O) groups is 2. The number of rotatable bonds is 6. The summed E-state index contributed by atoms with van der Waals surface area (Å²) in [5, 5.41) is 2.79. The first-order chi connectivity index (χ1) is 14.0. The lowest BCUT2D eigenvalue weighted by molar-refractivity contribution is -0.123. The molecule has 1 atom stereocenters. The lowest BCUT2D eigenvalue weighted by Crippen LogP contribution is -2.30. The van der Waals surface area contributed by atoms with Crippen LogP contribution in [0.25, 0.3) is 0 Å². The Balaban J connectivity index is 1.30. The van der Waals surface area contributed by atoms with Crippen LogP contribution in [0.1, 0.15) is 40.7 Å². The highest BCUT2D eigenvalue weighted by atomic mass is 19.1. The summed E-state index contributed by atoms with van der Waals surface area (Å²) >= 11 is 0. The summed E-state index contributed by atoms with van der Waals surface area (Å²) in [5.41, 5.74) is 1.67. The van der Waals surface area contributed by atoms with E-state index in [0.717, 1.165) is 11.3 Å². The van der Waals surface area contributed by atoms with Crippen molar-refractivity contribution in [1.29, 1.82) is 0 Å². The number of hydrogen-bond donors (Lipinski definition) is 1. The number of amides is 1. The molecule has 4 rings (SSSR count). The number of Topliss-reactive ketones (excluding diaryl/α,β-unsaturated/α-hetero) is 1. The molecule has 0 spiro atoms. The highest BCUT2D eigenvalue weighted by molar-refractivity contribution is 6.03. The summed E-state index contributed by atoms with van der Waals surface area (Å²) < 4.78 is 30.6. The van der Waals surface area contributed by atoms with Gasteiger partial charge in [0, 0.05) is 18.5 Å². The van der Waals surface area contributed by atoms with Crippen molar-refractivity contribution in [2.75, 3.05) is 26.4 Å². The topological polar surface area (TPSA) is 73.9 Å². The molecule has 0 saturated heterocycles. The zero-order valence-electron chi connectivity index (χ0n) is 16.1. The van der Waals surface area contributed by atoms with Crippen LogP contribution >= 0.6 is 0 Å². The SMILES string of the molecule is C[C@H]1CC(=O)c2c(OCC(=O)NCCc3ccc4c(c3)OCCO4)ccc(F)c21. The van der Waals surface area contributed by atoms with E-state index in [9.17, 15) is 14.0 Å². The Morgan fingerprint density at radius 3 is 2.83 bits per heavy atom. The maximum Gasteiger partial charge on any atom is 0.257 e. The number of nitrogens with one attached hydrogen (secondary N) is 1. The van der Waals surface area contributed by atoms with Crippen LogP contribution in [0.15, 0.2) is 30.3 Å². The minimum Gasteiger partial charge on any atom is -0.486 e. The second kappa shape index (κ2) is 8.11. The summed E-state index contributed by atoms with van der Waals surface area (Å²) in [5.74, 6) is 0.661. The van der Waals surface area contributed by atoms with Crippen molar-refractivity contribution in [2.45, 2.75) is 25.7 Å². The molecule has 2 aromatic rings.